The Balaban J connectivity index is 2.04. The fourth-order valence-electron chi connectivity index (χ4n) is 3.41. The van der Waals surface area contributed by atoms with E-state index in [1.165, 1.54) is 0 Å². The van der Waals surface area contributed by atoms with Gasteiger partial charge in [0, 0.05) is 12.6 Å². The monoisotopic (exact) mass is 290 g/mol. The van der Waals surface area contributed by atoms with Crippen LogP contribution in [-0.4, -0.2) is 16.7 Å². The molecule has 3 nitrogen and oxygen atoms in total. The molecule has 0 atom stereocenters. The number of hydrogen-bond acceptors (Lipinski definition) is 2. The van der Waals surface area contributed by atoms with E-state index in [9.17, 15) is 0 Å². The van der Waals surface area contributed by atoms with Crippen molar-refractivity contribution in [3.8, 4) is 5.75 Å². The van der Waals surface area contributed by atoms with Crippen LogP contribution in [0.15, 0.2) is 18.2 Å². The van der Waals surface area contributed by atoms with Crippen molar-refractivity contribution in [2.24, 2.45) is 16.7 Å². The Morgan fingerprint density at radius 1 is 1.25 bits per heavy atom. The summed E-state index contributed by atoms with van der Waals surface area (Å²) < 4.78 is 8.34. The first-order valence-corrected chi connectivity index (χ1v) is 7.46. The maximum absolute atomic E-state index is 5.50. The van der Waals surface area contributed by atoms with Crippen LogP contribution in [0.25, 0.3) is 11.0 Å². The van der Waals surface area contributed by atoms with Crippen LogP contribution in [-0.2, 0) is 6.54 Å². The molecule has 1 aromatic carbocycles. The molecule has 2 aromatic rings. The summed E-state index contributed by atoms with van der Waals surface area (Å²) in [5.74, 6) is 1.52. The van der Waals surface area contributed by atoms with Crippen molar-refractivity contribution in [3.05, 3.63) is 23.0 Å². The van der Waals surface area contributed by atoms with Crippen LogP contribution >= 0.6 is 12.2 Å². The van der Waals surface area contributed by atoms with Crippen molar-refractivity contribution < 1.29 is 4.74 Å². The zero-order valence-electron chi connectivity index (χ0n) is 12.8. The van der Waals surface area contributed by atoms with E-state index in [1.54, 1.807) is 7.11 Å². The van der Waals surface area contributed by atoms with Crippen LogP contribution in [0.1, 0.15) is 27.7 Å². The minimum atomic E-state index is 0.365. The van der Waals surface area contributed by atoms with E-state index < -0.39 is 0 Å². The Labute approximate surface area is 125 Å². The predicted molar refractivity (Wildman–Crippen MR) is 84.7 cm³/mol. The van der Waals surface area contributed by atoms with Gasteiger partial charge in [0.15, 0.2) is 4.77 Å². The van der Waals surface area contributed by atoms with Crippen molar-refractivity contribution in [2.45, 2.75) is 34.2 Å². The van der Waals surface area contributed by atoms with E-state index in [0.29, 0.717) is 16.7 Å². The largest absolute Gasteiger partial charge is 0.497 e. The van der Waals surface area contributed by atoms with E-state index in [4.69, 9.17) is 17.0 Å². The molecule has 1 aromatic heterocycles. The molecule has 0 bridgehead atoms. The van der Waals surface area contributed by atoms with Crippen LogP contribution in [0, 0.1) is 21.5 Å². The Kier molecular flexibility index (Phi) is 2.81. The second-order valence-corrected chi connectivity index (χ2v) is 7.31. The average molecular weight is 290 g/mol. The number of fused-ring (bicyclic) bond motifs is 1. The van der Waals surface area contributed by atoms with Crippen molar-refractivity contribution in [3.63, 3.8) is 0 Å². The molecular formula is C16H22N2OS. The summed E-state index contributed by atoms with van der Waals surface area (Å²) in [6, 6.07) is 6.05. The number of hydrogen-bond donors (Lipinski definition) is 1. The molecule has 1 aliphatic rings. The molecule has 1 heterocycles. The Morgan fingerprint density at radius 3 is 2.45 bits per heavy atom. The van der Waals surface area contributed by atoms with Crippen LogP contribution in [0.5, 0.6) is 5.75 Å². The lowest BCUT2D eigenvalue weighted by Gasteiger charge is -2.07. The van der Waals surface area contributed by atoms with Crippen LogP contribution in [0.4, 0.5) is 0 Å². The second kappa shape index (κ2) is 4.10. The van der Waals surface area contributed by atoms with Gasteiger partial charge < -0.3 is 14.3 Å². The summed E-state index contributed by atoms with van der Waals surface area (Å²) in [6.45, 7) is 10.3. The molecule has 1 aliphatic carbocycles. The van der Waals surface area contributed by atoms with Gasteiger partial charge in [-0.25, -0.2) is 0 Å². The molecule has 3 rings (SSSR count). The van der Waals surface area contributed by atoms with Gasteiger partial charge in [-0.05, 0) is 41.1 Å². The number of imidazole rings is 1. The number of benzene rings is 1. The lowest BCUT2D eigenvalue weighted by atomic mass is 10.0. The summed E-state index contributed by atoms with van der Waals surface area (Å²) >= 11 is 5.50. The number of methoxy groups -OCH3 is 1. The third-order valence-corrected chi connectivity index (χ3v) is 5.99. The third kappa shape index (κ3) is 1.74. The lowest BCUT2D eigenvalue weighted by Crippen LogP contribution is -2.04. The van der Waals surface area contributed by atoms with Gasteiger partial charge in [-0.1, -0.05) is 27.7 Å². The van der Waals surface area contributed by atoms with E-state index in [0.717, 1.165) is 28.1 Å². The number of H-pyrrole nitrogens is 1. The molecule has 1 N–H and O–H groups in total. The van der Waals surface area contributed by atoms with E-state index in [2.05, 4.69) is 43.3 Å². The summed E-state index contributed by atoms with van der Waals surface area (Å²) in [5, 5.41) is 0. The molecule has 0 amide bonds. The van der Waals surface area contributed by atoms with Crippen LogP contribution < -0.4 is 4.74 Å². The molecule has 4 heteroatoms. The van der Waals surface area contributed by atoms with Gasteiger partial charge in [0.1, 0.15) is 5.75 Å². The van der Waals surface area contributed by atoms with Gasteiger partial charge in [0.25, 0.3) is 0 Å². The van der Waals surface area contributed by atoms with Gasteiger partial charge in [-0.3, -0.25) is 0 Å². The highest BCUT2D eigenvalue weighted by Crippen LogP contribution is 2.68. The van der Waals surface area contributed by atoms with Crippen molar-refractivity contribution >= 4 is 23.3 Å². The van der Waals surface area contributed by atoms with Gasteiger partial charge in [-0.2, -0.15) is 0 Å². The average Bonchev–Trinajstić information content (AvgIpc) is 2.67. The van der Waals surface area contributed by atoms with Crippen molar-refractivity contribution in [2.75, 3.05) is 7.11 Å². The first-order valence-electron chi connectivity index (χ1n) is 7.05. The molecule has 1 saturated carbocycles. The summed E-state index contributed by atoms with van der Waals surface area (Å²) in [4.78, 5) is 3.29. The zero-order valence-corrected chi connectivity index (χ0v) is 13.6. The minimum absolute atomic E-state index is 0.365. The number of aromatic amines is 1. The summed E-state index contributed by atoms with van der Waals surface area (Å²) in [7, 11) is 1.69. The first-order chi connectivity index (χ1) is 9.29. The first kappa shape index (κ1) is 13.7. The standard InChI is InChI=1S/C16H22N2OS/c1-15(2)13(16(15,3)4)9-18-12-8-10(19-5)6-7-11(12)17-14(18)20/h6-8,13H,9H2,1-5H3,(H,17,20). The Hall–Kier alpha value is -1.29. The third-order valence-electron chi connectivity index (χ3n) is 5.67. The molecular weight excluding hydrogens is 268 g/mol. The number of rotatable bonds is 3. The summed E-state index contributed by atoms with van der Waals surface area (Å²) in [6.07, 6.45) is 0. The van der Waals surface area contributed by atoms with Gasteiger partial charge in [0.05, 0.1) is 18.1 Å². The predicted octanol–water partition coefficient (Wildman–Crippen LogP) is 4.39. The van der Waals surface area contributed by atoms with Crippen LogP contribution in [0.3, 0.4) is 0 Å². The smallest absolute Gasteiger partial charge is 0.178 e. The molecule has 0 saturated heterocycles. The highest BCUT2D eigenvalue weighted by atomic mass is 32.1. The van der Waals surface area contributed by atoms with E-state index in [-0.39, 0.29) is 0 Å². The topological polar surface area (TPSA) is 29.9 Å². The second-order valence-electron chi connectivity index (χ2n) is 6.92. The zero-order chi connectivity index (χ0) is 14.7. The molecule has 108 valence electrons. The minimum Gasteiger partial charge on any atom is -0.497 e. The van der Waals surface area contributed by atoms with Gasteiger partial charge in [0.2, 0.25) is 0 Å². The molecule has 0 spiro atoms. The maximum Gasteiger partial charge on any atom is 0.178 e. The summed E-state index contributed by atoms with van der Waals surface area (Å²) in [5.41, 5.74) is 2.94. The fourth-order valence-corrected chi connectivity index (χ4v) is 3.70. The number of aromatic nitrogens is 2. The molecule has 20 heavy (non-hydrogen) atoms. The number of ether oxygens (including phenoxy) is 1. The highest BCUT2D eigenvalue weighted by molar-refractivity contribution is 7.71. The SMILES string of the molecule is COc1ccc2[nH]c(=S)n(CC3C(C)(C)C3(C)C)c2c1. The van der Waals surface area contributed by atoms with Crippen molar-refractivity contribution in [1.82, 2.24) is 9.55 Å². The van der Waals surface area contributed by atoms with E-state index >= 15 is 0 Å². The van der Waals surface area contributed by atoms with Gasteiger partial charge >= 0.3 is 0 Å². The quantitative estimate of drug-likeness (QED) is 0.850. The van der Waals surface area contributed by atoms with E-state index in [1.807, 2.05) is 12.1 Å². The lowest BCUT2D eigenvalue weighted by molar-refractivity contribution is 0.415. The Morgan fingerprint density at radius 2 is 1.90 bits per heavy atom. The molecule has 0 radical (unpaired) electrons. The normalized spacial score (nSPS) is 20.2. The molecule has 0 aliphatic heterocycles. The number of nitrogens with zero attached hydrogens (tertiary/aromatic N) is 1. The molecule has 0 unspecified atom stereocenters. The van der Waals surface area contributed by atoms with Crippen molar-refractivity contribution in [1.29, 1.82) is 0 Å². The number of nitrogens with one attached hydrogen (secondary N) is 1. The maximum atomic E-state index is 5.50. The van der Waals surface area contributed by atoms with Gasteiger partial charge in [-0.15, -0.1) is 0 Å². The molecule has 1 fully saturated rings. The fraction of sp³-hybridized carbons (Fsp3) is 0.562. The Bertz CT molecular complexity index is 710. The van der Waals surface area contributed by atoms with Crippen LogP contribution in [0.2, 0.25) is 0 Å². The highest BCUT2D eigenvalue weighted by Gasteiger charge is 2.64.